The third kappa shape index (κ3) is 3.81. The van der Waals surface area contributed by atoms with Gasteiger partial charge in [-0.05, 0) is 12.1 Å². The lowest BCUT2D eigenvalue weighted by atomic mass is 9.96. The molecule has 0 radical (unpaired) electrons. The summed E-state index contributed by atoms with van der Waals surface area (Å²) in [5.41, 5.74) is 2.40. The van der Waals surface area contributed by atoms with E-state index in [0.717, 1.165) is 37.0 Å². The average molecular weight is 346 g/mol. The Bertz CT molecular complexity index is 672. The highest BCUT2D eigenvalue weighted by Gasteiger charge is 2.22. The Morgan fingerprint density at radius 2 is 1.88 bits per heavy atom. The number of aromatic nitrogens is 3. The van der Waals surface area contributed by atoms with E-state index in [2.05, 4.69) is 30.3 Å². The van der Waals surface area contributed by atoms with Crippen molar-refractivity contribution >= 4 is 33.9 Å². The highest BCUT2D eigenvalue weighted by Crippen LogP contribution is 2.22. The minimum absolute atomic E-state index is 0.0339. The van der Waals surface area contributed by atoms with Crippen molar-refractivity contribution in [1.29, 1.82) is 0 Å². The molecule has 1 N–H and O–H groups in total. The molecule has 0 spiro atoms. The summed E-state index contributed by atoms with van der Waals surface area (Å²) >= 11 is 1.57. The molecule has 0 bridgehead atoms. The average Bonchev–Trinajstić information content (AvgIpc) is 3.09. The van der Waals surface area contributed by atoms with E-state index in [9.17, 15) is 4.79 Å². The van der Waals surface area contributed by atoms with E-state index in [1.54, 1.807) is 16.8 Å². The fourth-order valence-corrected chi connectivity index (χ4v) is 3.03. The molecule has 0 unspecified atom stereocenters. The molecule has 1 fully saturated rings. The monoisotopic (exact) mass is 346 g/mol. The molecule has 1 saturated heterocycles. The van der Waals surface area contributed by atoms with Crippen molar-refractivity contribution in [3.05, 3.63) is 23.8 Å². The minimum Gasteiger partial charge on any atom is -0.367 e. The Morgan fingerprint density at radius 3 is 2.42 bits per heavy atom. The van der Waals surface area contributed by atoms with Crippen LogP contribution in [0.5, 0.6) is 0 Å². The first-order valence-corrected chi connectivity index (χ1v) is 8.85. The van der Waals surface area contributed by atoms with E-state index in [0.29, 0.717) is 5.82 Å². The highest BCUT2D eigenvalue weighted by molar-refractivity contribution is 7.13. The van der Waals surface area contributed by atoms with Crippen LogP contribution in [0.3, 0.4) is 0 Å². The van der Waals surface area contributed by atoms with Crippen LogP contribution >= 0.6 is 11.3 Å². The fourth-order valence-electron chi connectivity index (χ4n) is 2.41. The quantitative estimate of drug-likeness (QED) is 0.919. The van der Waals surface area contributed by atoms with Gasteiger partial charge in [-0.1, -0.05) is 32.1 Å². The first kappa shape index (κ1) is 16.6. The first-order chi connectivity index (χ1) is 11.4. The molecule has 0 aromatic carbocycles. The van der Waals surface area contributed by atoms with Crippen LogP contribution in [-0.4, -0.2) is 47.3 Å². The number of amides is 1. The summed E-state index contributed by atoms with van der Waals surface area (Å²) in [6.45, 7) is 9.30. The maximum absolute atomic E-state index is 12.0. The van der Waals surface area contributed by atoms with Gasteiger partial charge >= 0.3 is 0 Å². The lowest BCUT2D eigenvalue weighted by Crippen LogP contribution is -2.46. The molecule has 7 nitrogen and oxygen atoms in total. The number of pyridine rings is 1. The molecule has 2 aromatic heterocycles. The number of hydrogen-bond acceptors (Lipinski definition) is 7. The van der Waals surface area contributed by atoms with Crippen LogP contribution in [0.4, 0.5) is 16.6 Å². The molecule has 1 aliphatic heterocycles. The third-order valence-corrected chi connectivity index (χ3v) is 4.68. The van der Waals surface area contributed by atoms with Crippen molar-refractivity contribution in [2.75, 3.05) is 41.3 Å². The number of piperazine rings is 1. The third-order valence-electron chi connectivity index (χ3n) is 3.93. The van der Waals surface area contributed by atoms with E-state index in [-0.39, 0.29) is 5.91 Å². The van der Waals surface area contributed by atoms with Gasteiger partial charge in [0.1, 0.15) is 11.3 Å². The van der Waals surface area contributed by atoms with Gasteiger partial charge in [-0.15, -0.1) is 10.2 Å². The molecule has 8 heteroatoms. The lowest BCUT2D eigenvalue weighted by molar-refractivity contribution is -0.123. The van der Waals surface area contributed by atoms with E-state index in [1.807, 2.05) is 39.1 Å². The summed E-state index contributed by atoms with van der Waals surface area (Å²) in [5, 5.41) is 11.8. The minimum atomic E-state index is -0.429. The van der Waals surface area contributed by atoms with Gasteiger partial charge in [0, 0.05) is 31.6 Å². The van der Waals surface area contributed by atoms with Gasteiger partial charge in [0.05, 0.1) is 11.9 Å². The molecular weight excluding hydrogens is 324 g/mol. The summed E-state index contributed by atoms with van der Waals surface area (Å²) in [4.78, 5) is 20.9. The molecule has 1 aliphatic rings. The Hall–Kier alpha value is -2.22. The fraction of sp³-hybridized carbons (Fsp3) is 0.500. The van der Waals surface area contributed by atoms with Gasteiger partial charge in [-0.3, -0.25) is 4.79 Å². The standard InChI is InChI=1S/C16H22N6OS/c1-16(2,3)14(23)19-13-5-4-12(10-17-13)21-6-8-22(9-7-21)15-20-18-11-24-15/h4-5,10-11H,6-9H2,1-3H3,(H,17,19,23). The number of anilines is 3. The van der Waals surface area contributed by atoms with Crippen LogP contribution in [0.25, 0.3) is 0 Å². The molecule has 0 atom stereocenters. The molecule has 128 valence electrons. The zero-order chi connectivity index (χ0) is 17.2. The van der Waals surface area contributed by atoms with E-state index < -0.39 is 5.41 Å². The van der Waals surface area contributed by atoms with Crippen molar-refractivity contribution in [2.24, 2.45) is 5.41 Å². The topological polar surface area (TPSA) is 74.2 Å². The highest BCUT2D eigenvalue weighted by atomic mass is 32.1. The van der Waals surface area contributed by atoms with Crippen molar-refractivity contribution in [1.82, 2.24) is 15.2 Å². The summed E-state index contributed by atoms with van der Waals surface area (Å²) in [5.74, 6) is 0.555. The Kier molecular flexibility index (Phi) is 4.66. The number of nitrogens with one attached hydrogen (secondary N) is 1. The molecular formula is C16H22N6OS. The van der Waals surface area contributed by atoms with Crippen LogP contribution in [0, 0.1) is 5.41 Å². The lowest BCUT2D eigenvalue weighted by Gasteiger charge is -2.35. The van der Waals surface area contributed by atoms with Crippen LogP contribution in [-0.2, 0) is 4.79 Å². The predicted molar refractivity (Wildman–Crippen MR) is 96.7 cm³/mol. The molecule has 24 heavy (non-hydrogen) atoms. The summed E-state index contributed by atoms with van der Waals surface area (Å²) in [6, 6.07) is 3.86. The van der Waals surface area contributed by atoms with E-state index in [4.69, 9.17) is 0 Å². The Balaban J connectivity index is 1.58. The number of carbonyl (C=O) groups excluding carboxylic acids is 1. The second-order valence-electron chi connectivity index (χ2n) is 6.80. The van der Waals surface area contributed by atoms with Crippen LogP contribution in [0.2, 0.25) is 0 Å². The smallest absolute Gasteiger partial charge is 0.230 e. The zero-order valence-corrected chi connectivity index (χ0v) is 15.0. The van der Waals surface area contributed by atoms with Crippen LogP contribution < -0.4 is 15.1 Å². The van der Waals surface area contributed by atoms with Gasteiger partial charge in [0.2, 0.25) is 11.0 Å². The molecule has 3 rings (SSSR count). The first-order valence-electron chi connectivity index (χ1n) is 7.97. The van der Waals surface area contributed by atoms with E-state index >= 15 is 0 Å². The van der Waals surface area contributed by atoms with Gasteiger partial charge < -0.3 is 15.1 Å². The molecule has 3 heterocycles. The number of hydrogen-bond donors (Lipinski definition) is 1. The van der Waals surface area contributed by atoms with Gasteiger partial charge in [0.25, 0.3) is 0 Å². The van der Waals surface area contributed by atoms with Crippen molar-refractivity contribution in [3.8, 4) is 0 Å². The number of rotatable bonds is 3. The maximum Gasteiger partial charge on any atom is 0.230 e. The summed E-state index contributed by atoms with van der Waals surface area (Å²) in [7, 11) is 0. The Morgan fingerprint density at radius 1 is 1.17 bits per heavy atom. The van der Waals surface area contributed by atoms with Crippen LogP contribution in [0.15, 0.2) is 23.8 Å². The molecule has 0 saturated carbocycles. The second kappa shape index (κ2) is 6.72. The SMILES string of the molecule is CC(C)(C)C(=O)Nc1ccc(N2CCN(c3nncs3)CC2)cn1. The number of carbonyl (C=O) groups is 1. The number of nitrogens with zero attached hydrogens (tertiary/aromatic N) is 5. The summed E-state index contributed by atoms with van der Waals surface area (Å²) < 4.78 is 0. The van der Waals surface area contributed by atoms with Gasteiger partial charge in [0.15, 0.2) is 0 Å². The normalized spacial score (nSPS) is 15.5. The molecule has 0 aliphatic carbocycles. The molecule has 2 aromatic rings. The maximum atomic E-state index is 12.0. The van der Waals surface area contributed by atoms with Crippen molar-refractivity contribution in [2.45, 2.75) is 20.8 Å². The second-order valence-corrected chi connectivity index (χ2v) is 7.61. The summed E-state index contributed by atoms with van der Waals surface area (Å²) in [6.07, 6.45) is 1.82. The van der Waals surface area contributed by atoms with Crippen molar-refractivity contribution < 1.29 is 4.79 Å². The van der Waals surface area contributed by atoms with Crippen molar-refractivity contribution in [3.63, 3.8) is 0 Å². The largest absolute Gasteiger partial charge is 0.367 e. The predicted octanol–water partition coefficient (Wildman–Crippen LogP) is 2.24. The van der Waals surface area contributed by atoms with Gasteiger partial charge in [-0.25, -0.2) is 4.98 Å². The van der Waals surface area contributed by atoms with E-state index in [1.165, 1.54) is 0 Å². The zero-order valence-electron chi connectivity index (χ0n) is 14.2. The van der Waals surface area contributed by atoms with Crippen LogP contribution in [0.1, 0.15) is 20.8 Å². The molecule has 1 amide bonds. The van der Waals surface area contributed by atoms with Gasteiger partial charge in [-0.2, -0.15) is 0 Å². The Labute approximate surface area is 145 Å².